The van der Waals surface area contributed by atoms with Crippen molar-refractivity contribution in [2.45, 2.75) is 38.7 Å². The number of ether oxygens (including phenoxy) is 1. The zero-order valence-electron chi connectivity index (χ0n) is 15.7. The Morgan fingerprint density at radius 1 is 1.26 bits per heavy atom. The number of aromatic nitrogens is 1. The summed E-state index contributed by atoms with van der Waals surface area (Å²) in [5.41, 5.74) is 1.52. The summed E-state index contributed by atoms with van der Waals surface area (Å²) in [6.07, 6.45) is 3.36. The Hall–Kier alpha value is -2.11. The van der Waals surface area contributed by atoms with E-state index in [2.05, 4.69) is 4.98 Å². The lowest BCUT2D eigenvalue weighted by Gasteiger charge is -2.27. The highest BCUT2D eigenvalue weighted by atomic mass is 35.5. The fourth-order valence-corrected chi connectivity index (χ4v) is 3.41. The lowest BCUT2D eigenvalue weighted by Crippen LogP contribution is -2.38. The molecule has 0 radical (unpaired) electrons. The van der Waals surface area contributed by atoms with Crippen LogP contribution in [0.4, 0.5) is 0 Å². The Kier molecular flexibility index (Phi) is 6.02. The Labute approximate surface area is 164 Å². The van der Waals surface area contributed by atoms with E-state index in [0.29, 0.717) is 48.7 Å². The zero-order valence-corrected chi connectivity index (χ0v) is 16.5. The number of pyridine rings is 1. The van der Waals surface area contributed by atoms with Crippen LogP contribution in [-0.2, 0) is 0 Å². The maximum Gasteiger partial charge on any atom is 0.255 e. The summed E-state index contributed by atoms with van der Waals surface area (Å²) < 4.78 is 5.81. The summed E-state index contributed by atoms with van der Waals surface area (Å²) in [7, 11) is 0. The topological polar surface area (TPSA) is 62.7 Å². The number of rotatable bonds is 4. The molecule has 2 heterocycles. The predicted octanol–water partition coefficient (Wildman–Crippen LogP) is 3.79. The molecule has 3 rings (SSSR count). The molecule has 144 valence electrons. The van der Waals surface area contributed by atoms with E-state index in [9.17, 15) is 9.90 Å². The van der Waals surface area contributed by atoms with Crippen molar-refractivity contribution in [3.63, 3.8) is 0 Å². The third-order valence-electron chi connectivity index (χ3n) is 4.95. The Morgan fingerprint density at radius 2 is 2.07 bits per heavy atom. The van der Waals surface area contributed by atoms with E-state index in [1.165, 1.54) is 0 Å². The van der Waals surface area contributed by atoms with Gasteiger partial charge in [-0.15, -0.1) is 0 Å². The van der Waals surface area contributed by atoms with Crippen molar-refractivity contribution < 1.29 is 14.6 Å². The van der Waals surface area contributed by atoms with E-state index in [1.54, 1.807) is 23.2 Å². The van der Waals surface area contributed by atoms with Crippen molar-refractivity contribution in [3.05, 3.63) is 58.4 Å². The molecule has 1 aromatic heterocycles. The van der Waals surface area contributed by atoms with Crippen LogP contribution in [-0.4, -0.2) is 46.2 Å². The highest BCUT2D eigenvalue weighted by molar-refractivity contribution is 6.32. The van der Waals surface area contributed by atoms with E-state index in [-0.39, 0.29) is 12.5 Å². The highest BCUT2D eigenvalue weighted by Crippen LogP contribution is 2.29. The fraction of sp³-hybridized carbons (Fsp3) is 0.429. The molecule has 0 aliphatic carbocycles. The minimum atomic E-state index is -0.979. The Bertz CT molecular complexity index is 810. The van der Waals surface area contributed by atoms with E-state index >= 15 is 0 Å². The first kappa shape index (κ1) is 19.6. The van der Waals surface area contributed by atoms with Gasteiger partial charge < -0.3 is 14.7 Å². The molecule has 6 heteroatoms. The van der Waals surface area contributed by atoms with Crippen molar-refractivity contribution in [1.29, 1.82) is 0 Å². The van der Waals surface area contributed by atoms with Gasteiger partial charge in [0.05, 0.1) is 10.6 Å². The summed E-state index contributed by atoms with van der Waals surface area (Å²) in [5.74, 6) is 0.530. The van der Waals surface area contributed by atoms with Gasteiger partial charge in [0.1, 0.15) is 18.0 Å². The van der Waals surface area contributed by atoms with Gasteiger partial charge in [-0.25, -0.2) is 0 Å². The lowest BCUT2D eigenvalue weighted by atomic mass is 9.96. The van der Waals surface area contributed by atoms with Crippen LogP contribution >= 0.6 is 11.6 Å². The minimum absolute atomic E-state index is 0.0469. The molecule has 1 aliphatic heterocycles. The number of hydrogen-bond acceptors (Lipinski definition) is 4. The van der Waals surface area contributed by atoms with Gasteiger partial charge in [-0.05, 0) is 62.9 Å². The van der Waals surface area contributed by atoms with Crippen molar-refractivity contribution >= 4 is 17.5 Å². The summed E-state index contributed by atoms with van der Waals surface area (Å²) in [4.78, 5) is 18.7. The van der Waals surface area contributed by atoms with Gasteiger partial charge in [0.25, 0.3) is 5.91 Å². The molecule has 0 unspecified atom stereocenters. The van der Waals surface area contributed by atoms with E-state index < -0.39 is 5.60 Å². The lowest BCUT2D eigenvalue weighted by molar-refractivity contribution is -0.0163. The number of nitrogens with zero attached hydrogens (tertiary/aromatic N) is 2. The first-order chi connectivity index (χ1) is 12.9. The fourth-order valence-electron chi connectivity index (χ4n) is 3.24. The van der Waals surface area contributed by atoms with Crippen molar-refractivity contribution in [3.8, 4) is 5.75 Å². The average molecular weight is 389 g/mol. The number of halogens is 1. The molecule has 0 saturated carbocycles. The molecule has 1 amide bonds. The second-order valence-corrected chi connectivity index (χ2v) is 7.69. The van der Waals surface area contributed by atoms with Gasteiger partial charge in [0.15, 0.2) is 0 Å². The number of aryl methyl sites for hydroxylation is 2. The quantitative estimate of drug-likeness (QED) is 0.865. The van der Waals surface area contributed by atoms with Gasteiger partial charge in [0.2, 0.25) is 0 Å². The number of hydrogen-bond donors (Lipinski definition) is 1. The van der Waals surface area contributed by atoms with Crippen LogP contribution < -0.4 is 4.74 Å². The van der Waals surface area contributed by atoms with Gasteiger partial charge >= 0.3 is 0 Å². The smallest absolute Gasteiger partial charge is 0.255 e. The molecule has 1 fully saturated rings. The second-order valence-electron chi connectivity index (χ2n) is 7.28. The van der Waals surface area contributed by atoms with Gasteiger partial charge in [-0.1, -0.05) is 17.7 Å². The van der Waals surface area contributed by atoms with Gasteiger partial charge in [-0.2, -0.15) is 0 Å². The van der Waals surface area contributed by atoms with E-state index in [0.717, 1.165) is 11.3 Å². The van der Waals surface area contributed by atoms with Crippen LogP contribution in [0.25, 0.3) is 0 Å². The molecular formula is C21H25ClN2O3. The molecule has 0 bridgehead atoms. The maximum absolute atomic E-state index is 12.7. The SMILES string of the molecule is Cc1ccc(Cl)c(OC[C@@]2(O)CCCN(C(=O)c3ccc(C)nc3)CC2)c1. The van der Waals surface area contributed by atoms with E-state index in [4.69, 9.17) is 16.3 Å². The third-order valence-corrected chi connectivity index (χ3v) is 5.26. The van der Waals surface area contributed by atoms with Crippen LogP contribution in [0.3, 0.4) is 0 Å². The number of aliphatic hydroxyl groups is 1. The summed E-state index contributed by atoms with van der Waals surface area (Å²) in [5, 5.41) is 11.5. The predicted molar refractivity (Wildman–Crippen MR) is 105 cm³/mol. The average Bonchev–Trinajstić information content (AvgIpc) is 2.85. The van der Waals surface area contributed by atoms with E-state index in [1.807, 2.05) is 32.0 Å². The van der Waals surface area contributed by atoms with Crippen molar-refractivity contribution in [2.75, 3.05) is 19.7 Å². The Balaban J connectivity index is 1.62. The molecular weight excluding hydrogens is 364 g/mol. The molecule has 1 atom stereocenters. The van der Waals surface area contributed by atoms with Crippen LogP contribution in [0.1, 0.15) is 40.9 Å². The second kappa shape index (κ2) is 8.28. The summed E-state index contributed by atoms with van der Waals surface area (Å²) >= 11 is 6.17. The van der Waals surface area contributed by atoms with Crippen molar-refractivity contribution in [1.82, 2.24) is 9.88 Å². The van der Waals surface area contributed by atoms with Crippen LogP contribution in [0.2, 0.25) is 5.02 Å². The van der Waals surface area contributed by atoms with Crippen molar-refractivity contribution in [2.24, 2.45) is 0 Å². The van der Waals surface area contributed by atoms with Crippen LogP contribution in [0.15, 0.2) is 36.5 Å². The van der Waals surface area contributed by atoms with Gasteiger partial charge in [0, 0.05) is 25.0 Å². The molecule has 5 nitrogen and oxygen atoms in total. The number of likely N-dealkylation sites (tertiary alicyclic amines) is 1. The maximum atomic E-state index is 12.7. The number of carbonyl (C=O) groups excluding carboxylic acids is 1. The standard InChI is InChI=1S/C21H25ClN2O3/c1-15-4-7-18(22)19(12-15)27-14-21(26)8-3-10-24(11-9-21)20(25)17-6-5-16(2)23-13-17/h4-7,12-13,26H,3,8-11,14H2,1-2H3/t21-/m1/s1. The first-order valence-electron chi connectivity index (χ1n) is 9.20. The molecule has 2 aromatic rings. The molecule has 1 aliphatic rings. The number of benzene rings is 1. The molecule has 1 N–H and O–H groups in total. The highest BCUT2D eigenvalue weighted by Gasteiger charge is 2.33. The normalized spacial score (nSPS) is 20.2. The van der Waals surface area contributed by atoms with Crippen LogP contribution in [0.5, 0.6) is 5.75 Å². The molecule has 1 saturated heterocycles. The third kappa shape index (κ3) is 4.99. The minimum Gasteiger partial charge on any atom is -0.489 e. The number of carbonyl (C=O) groups is 1. The summed E-state index contributed by atoms with van der Waals surface area (Å²) in [6, 6.07) is 9.20. The monoisotopic (exact) mass is 388 g/mol. The molecule has 1 aromatic carbocycles. The van der Waals surface area contributed by atoms with Crippen LogP contribution in [0, 0.1) is 13.8 Å². The first-order valence-corrected chi connectivity index (χ1v) is 9.57. The molecule has 0 spiro atoms. The summed E-state index contributed by atoms with van der Waals surface area (Å²) in [6.45, 7) is 5.10. The molecule has 27 heavy (non-hydrogen) atoms. The largest absolute Gasteiger partial charge is 0.489 e. The van der Waals surface area contributed by atoms with Gasteiger partial charge in [-0.3, -0.25) is 9.78 Å². The zero-order chi connectivity index (χ0) is 19.4. The Morgan fingerprint density at radius 3 is 2.81 bits per heavy atom. The number of amides is 1.